The Labute approximate surface area is 134 Å². The first-order valence-corrected chi connectivity index (χ1v) is 8.04. The van der Waals surface area contributed by atoms with Crippen molar-refractivity contribution in [2.24, 2.45) is 5.73 Å². The fourth-order valence-corrected chi connectivity index (χ4v) is 3.40. The van der Waals surface area contributed by atoms with E-state index in [0.29, 0.717) is 0 Å². The van der Waals surface area contributed by atoms with Crippen LogP contribution in [0.25, 0.3) is 0 Å². The molecule has 128 valence electrons. The predicted octanol–water partition coefficient (Wildman–Crippen LogP) is 1.31. The van der Waals surface area contributed by atoms with E-state index in [1.807, 2.05) is 0 Å². The normalized spacial score (nSPS) is 39.1. The van der Waals surface area contributed by atoms with Gasteiger partial charge in [0.05, 0.1) is 6.10 Å². The zero-order valence-electron chi connectivity index (χ0n) is 13.3. The van der Waals surface area contributed by atoms with Gasteiger partial charge in [0, 0.05) is 6.42 Å². The van der Waals surface area contributed by atoms with Crippen molar-refractivity contribution >= 4 is 17.9 Å². The van der Waals surface area contributed by atoms with Gasteiger partial charge < -0.3 is 19.9 Å². The van der Waals surface area contributed by atoms with Crippen LogP contribution in [0.15, 0.2) is 0 Å². The van der Waals surface area contributed by atoms with Gasteiger partial charge in [-0.25, -0.2) is 14.5 Å². The molecule has 0 aliphatic carbocycles. The molecule has 3 aliphatic rings. The SMILES string of the molecule is CCCCCC1OC1C1(C)OC2OC(=O)N(C(N)=O)C2CC1=O. The maximum atomic E-state index is 12.5. The molecule has 23 heavy (non-hydrogen) atoms. The lowest BCUT2D eigenvalue weighted by Crippen LogP contribution is -2.58. The molecule has 0 radical (unpaired) electrons. The van der Waals surface area contributed by atoms with Crippen LogP contribution >= 0.6 is 0 Å². The number of carbonyl (C=O) groups excluding carboxylic acids is 3. The Morgan fingerprint density at radius 2 is 2.13 bits per heavy atom. The summed E-state index contributed by atoms with van der Waals surface area (Å²) in [5.41, 5.74) is 4.02. The number of Topliss-reactive ketones (excluding diaryl/α,β-unsaturated/α-hetero) is 1. The van der Waals surface area contributed by atoms with E-state index >= 15 is 0 Å². The third-order valence-electron chi connectivity index (χ3n) is 4.82. The van der Waals surface area contributed by atoms with E-state index in [0.717, 1.165) is 30.6 Å². The molecule has 3 rings (SSSR count). The van der Waals surface area contributed by atoms with Gasteiger partial charge >= 0.3 is 12.1 Å². The second kappa shape index (κ2) is 5.76. The molecular formula is C15H22N2O6. The van der Waals surface area contributed by atoms with Gasteiger partial charge in [-0.15, -0.1) is 0 Å². The van der Waals surface area contributed by atoms with Crippen molar-refractivity contribution in [1.82, 2.24) is 4.90 Å². The minimum Gasteiger partial charge on any atom is -0.417 e. The Balaban J connectivity index is 1.67. The number of carbonyl (C=O) groups is 3. The topological polar surface area (TPSA) is 111 Å². The van der Waals surface area contributed by atoms with E-state index in [4.69, 9.17) is 19.9 Å². The van der Waals surface area contributed by atoms with Crippen LogP contribution < -0.4 is 5.73 Å². The van der Waals surface area contributed by atoms with Crippen molar-refractivity contribution < 1.29 is 28.6 Å². The molecule has 5 unspecified atom stereocenters. The maximum absolute atomic E-state index is 12.5. The van der Waals surface area contributed by atoms with Gasteiger partial charge in [0.15, 0.2) is 11.4 Å². The Morgan fingerprint density at radius 1 is 1.39 bits per heavy atom. The second-order valence-electron chi connectivity index (χ2n) is 6.47. The molecule has 0 aromatic rings. The van der Waals surface area contributed by atoms with Crippen molar-refractivity contribution in [3.05, 3.63) is 0 Å². The Kier molecular flexibility index (Phi) is 4.05. The number of urea groups is 1. The molecular weight excluding hydrogens is 304 g/mol. The number of hydrogen-bond acceptors (Lipinski definition) is 6. The number of imide groups is 1. The quantitative estimate of drug-likeness (QED) is 0.602. The van der Waals surface area contributed by atoms with Crippen LogP contribution in [0.5, 0.6) is 0 Å². The van der Waals surface area contributed by atoms with Gasteiger partial charge in [-0.05, 0) is 13.3 Å². The van der Waals surface area contributed by atoms with Crippen molar-refractivity contribution in [2.45, 2.75) is 76.1 Å². The number of epoxide rings is 1. The third-order valence-corrected chi connectivity index (χ3v) is 4.82. The molecule has 3 heterocycles. The van der Waals surface area contributed by atoms with Crippen molar-refractivity contribution in [3.8, 4) is 0 Å². The fraction of sp³-hybridized carbons (Fsp3) is 0.800. The Hall–Kier alpha value is -1.67. The molecule has 8 heteroatoms. The molecule has 0 saturated carbocycles. The molecule has 2 N–H and O–H groups in total. The van der Waals surface area contributed by atoms with Crippen LogP contribution in [-0.2, 0) is 19.0 Å². The van der Waals surface area contributed by atoms with Crippen LogP contribution in [0.1, 0.15) is 46.0 Å². The average molecular weight is 326 g/mol. The van der Waals surface area contributed by atoms with Crippen LogP contribution in [0.4, 0.5) is 9.59 Å². The molecule has 0 spiro atoms. The van der Waals surface area contributed by atoms with E-state index in [9.17, 15) is 14.4 Å². The Bertz CT molecular complexity index is 538. The van der Waals surface area contributed by atoms with Gasteiger partial charge in [0.2, 0.25) is 6.29 Å². The third kappa shape index (κ3) is 2.70. The highest BCUT2D eigenvalue weighted by Crippen LogP contribution is 2.44. The van der Waals surface area contributed by atoms with E-state index < -0.39 is 30.1 Å². The number of hydrogen-bond donors (Lipinski definition) is 1. The van der Waals surface area contributed by atoms with E-state index in [-0.39, 0.29) is 24.4 Å². The summed E-state index contributed by atoms with van der Waals surface area (Å²) in [6.45, 7) is 3.79. The monoisotopic (exact) mass is 326 g/mol. The number of primary amides is 1. The summed E-state index contributed by atoms with van der Waals surface area (Å²) >= 11 is 0. The minimum atomic E-state index is -1.15. The van der Waals surface area contributed by atoms with Gasteiger partial charge in [-0.2, -0.15) is 0 Å². The molecule has 3 fully saturated rings. The van der Waals surface area contributed by atoms with Crippen LogP contribution in [0.2, 0.25) is 0 Å². The fourth-order valence-electron chi connectivity index (χ4n) is 3.40. The van der Waals surface area contributed by atoms with Crippen molar-refractivity contribution in [3.63, 3.8) is 0 Å². The summed E-state index contributed by atoms with van der Waals surface area (Å²) < 4.78 is 16.4. The molecule has 0 aromatic heterocycles. The van der Waals surface area contributed by atoms with Crippen LogP contribution in [-0.4, -0.2) is 52.9 Å². The zero-order valence-corrected chi connectivity index (χ0v) is 13.3. The maximum Gasteiger partial charge on any atom is 0.420 e. The summed E-state index contributed by atoms with van der Waals surface area (Å²) in [5.74, 6) is -0.203. The van der Waals surface area contributed by atoms with E-state index in [1.165, 1.54) is 0 Å². The zero-order chi connectivity index (χ0) is 16.8. The summed E-state index contributed by atoms with van der Waals surface area (Å²) in [6.07, 6.45) is 1.95. The van der Waals surface area contributed by atoms with Crippen LogP contribution in [0, 0.1) is 0 Å². The summed E-state index contributed by atoms with van der Waals surface area (Å²) in [4.78, 5) is 36.3. The van der Waals surface area contributed by atoms with E-state index in [2.05, 4.69) is 6.92 Å². The minimum absolute atomic E-state index is 0.00334. The van der Waals surface area contributed by atoms with Gasteiger partial charge in [-0.3, -0.25) is 4.79 Å². The molecule has 3 amide bonds. The largest absolute Gasteiger partial charge is 0.420 e. The van der Waals surface area contributed by atoms with Gasteiger partial charge in [0.25, 0.3) is 0 Å². The lowest BCUT2D eigenvalue weighted by atomic mass is 9.86. The van der Waals surface area contributed by atoms with Crippen molar-refractivity contribution in [1.29, 1.82) is 0 Å². The summed E-state index contributed by atoms with van der Waals surface area (Å²) in [7, 11) is 0. The highest BCUT2D eigenvalue weighted by atomic mass is 16.7. The smallest absolute Gasteiger partial charge is 0.417 e. The molecule has 3 saturated heterocycles. The summed E-state index contributed by atoms with van der Waals surface area (Å²) in [6, 6.07) is -1.74. The average Bonchev–Trinajstić information content (AvgIpc) is 3.18. The molecule has 3 aliphatic heterocycles. The standard InChI is InChI=1S/C15H22N2O6/c1-3-4-5-6-9-11(21-9)15(2)10(18)7-8-12(23-15)22-14(20)17(8)13(16)19/h8-9,11-12H,3-7H2,1-2H3,(H2,16,19). The molecule has 0 aromatic carbocycles. The number of fused-ring (bicyclic) bond motifs is 1. The number of amides is 3. The number of rotatable bonds is 5. The lowest BCUT2D eigenvalue weighted by Gasteiger charge is -2.37. The first-order chi connectivity index (χ1) is 10.9. The van der Waals surface area contributed by atoms with Crippen LogP contribution in [0.3, 0.4) is 0 Å². The van der Waals surface area contributed by atoms with Gasteiger partial charge in [-0.1, -0.05) is 26.2 Å². The lowest BCUT2D eigenvalue weighted by molar-refractivity contribution is -0.206. The first-order valence-electron chi connectivity index (χ1n) is 8.04. The highest BCUT2D eigenvalue weighted by molar-refractivity contribution is 5.95. The predicted molar refractivity (Wildman–Crippen MR) is 77.4 cm³/mol. The van der Waals surface area contributed by atoms with Crippen molar-refractivity contribution in [2.75, 3.05) is 0 Å². The first kappa shape index (κ1) is 16.2. The van der Waals surface area contributed by atoms with Gasteiger partial charge in [0.1, 0.15) is 12.1 Å². The number of ketones is 1. The Morgan fingerprint density at radius 3 is 2.78 bits per heavy atom. The second-order valence-corrected chi connectivity index (χ2v) is 6.47. The van der Waals surface area contributed by atoms with E-state index in [1.54, 1.807) is 6.92 Å². The summed E-state index contributed by atoms with van der Waals surface area (Å²) in [5, 5.41) is 0. The number of nitrogens with two attached hydrogens (primary N) is 1. The number of nitrogens with zero attached hydrogens (tertiary/aromatic N) is 1. The molecule has 5 atom stereocenters. The highest BCUT2D eigenvalue weighted by Gasteiger charge is 2.63. The number of unbranched alkanes of at least 4 members (excludes halogenated alkanes) is 2. The number of ether oxygens (including phenoxy) is 3. The molecule has 0 bridgehead atoms. The molecule has 8 nitrogen and oxygen atoms in total.